The quantitative estimate of drug-likeness (QED) is 0.901. The molecule has 2 aromatic rings. The van der Waals surface area contributed by atoms with Crippen molar-refractivity contribution in [3.63, 3.8) is 0 Å². The summed E-state index contributed by atoms with van der Waals surface area (Å²) in [6.45, 7) is 0.238. The summed E-state index contributed by atoms with van der Waals surface area (Å²) in [5, 5.41) is 8.85. The van der Waals surface area contributed by atoms with Gasteiger partial charge in [0.1, 0.15) is 18.2 Å². The molecular weight excluding hydrogens is 327 g/mol. The van der Waals surface area contributed by atoms with Gasteiger partial charge in [0.2, 0.25) is 0 Å². The molecule has 0 amide bonds. The number of halogens is 2. The van der Waals surface area contributed by atoms with Crippen LogP contribution in [0.15, 0.2) is 46.9 Å². The summed E-state index contributed by atoms with van der Waals surface area (Å²) in [7, 11) is 0. The molecule has 0 aromatic heterocycles. The maximum Gasteiger partial charge on any atom is 0.307 e. The van der Waals surface area contributed by atoms with Gasteiger partial charge >= 0.3 is 5.97 Å². The fourth-order valence-corrected chi connectivity index (χ4v) is 2.12. The van der Waals surface area contributed by atoms with Crippen molar-refractivity contribution in [2.45, 2.75) is 13.0 Å². The fraction of sp³-hybridized carbons (Fsp3) is 0.133. The number of ether oxygens (including phenoxy) is 1. The minimum atomic E-state index is -0.887. The van der Waals surface area contributed by atoms with Crippen LogP contribution in [0.1, 0.15) is 11.1 Å². The molecule has 0 radical (unpaired) electrons. The van der Waals surface area contributed by atoms with E-state index in [4.69, 9.17) is 9.84 Å². The lowest BCUT2D eigenvalue weighted by atomic mass is 10.1. The Morgan fingerprint density at radius 2 is 1.90 bits per heavy atom. The number of hydrogen-bond donors (Lipinski definition) is 1. The van der Waals surface area contributed by atoms with Crippen LogP contribution in [0, 0.1) is 5.82 Å². The lowest BCUT2D eigenvalue weighted by molar-refractivity contribution is -0.136. The summed E-state index contributed by atoms with van der Waals surface area (Å²) in [5.74, 6) is -0.728. The Balaban J connectivity index is 2.10. The maximum atomic E-state index is 13.1. The Morgan fingerprint density at radius 3 is 2.55 bits per heavy atom. The van der Waals surface area contributed by atoms with Crippen LogP contribution in [0.2, 0.25) is 0 Å². The molecule has 0 aliphatic rings. The molecule has 5 heteroatoms. The largest absolute Gasteiger partial charge is 0.489 e. The molecule has 0 heterocycles. The lowest BCUT2D eigenvalue weighted by Crippen LogP contribution is -2.05. The summed E-state index contributed by atoms with van der Waals surface area (Å²) in [4.78, 5) is 10.8. The summed E-state index contributed by atoms with van der Waals surface area (Å²) in [6, 6.07) is 11.6. The zero-order valence-electron chi connectivity index (χ0n) is 10.5. The van der Waals surface area contributed by atoms with Crippen LogP contribution in [0.5, 0.6) is 5.75 Å². The monoisotopic (exact) mass is 338 g/mol. The fourth-order valence-electron chi connectivity index (χ4n) is 1.76. The number of carboxylic acids is 1. The van der Waals surface area contributed by atoms with E-state index in [2.05, 4.69) is 15.9 Å². The van der Waals surface area contributed by atoms with Gasteiger partial charge in [0, 0.05) is 0 Å². The number of hydrogen-bond acceptors (Lipinski definition) is 2. The van der Waals surface area contributed by atoms with E-state index in [1.807, 2.05) is 12.1 Å². The Labute approximate surface area is 124 Å². The normalized spacial score (nSPS) is 10.3. The minimum absolute atomic E-state index is 0.0490. The molecule has 0 saturated carbocycles. The third-order valence-electron chi connectivity index (χ3n) is 2.75. The van der Waals surface area contributed by atoms with E-state index in [9.17, 15) is 9.18 Å². The van der Waals surface area contributed by atoms with Crippen LogP contribution in [0.4, 0.5) is 4.39 Å². The lowest BCUT2D eigenvalue weighted by Gasteiger charge is -2.10. The second-order valence-corrected chi connectivity index (χ2v) is 5.06. The first-order chi connectivity index (χ1) is 9.56. The molecule has 0 fully saturated rings. The Bertz CT molecular complexity index is 628. The SMILES string of the molecule is O=C(O)Cc1ccccc1COc1ccc(F)c(Br)c1. The van der Waals surface area contributed by atoms with Gasteiger partial charge in [0.15, 0.2) is 0 Å². The van der Waals surface area contributed by atoms with Crippen LogP contribution in [-0.2, 0) is 17.8 Å². The predicted molar refractivity (Wildman–Crippen MR) is 76.2 cm³/mol. The Kier molecular flexibility index (Phi) is 4.74. The molecule has 0 saturated heterocycles. The first kappa shape index (κ1) is 14.5. The van der Waals surface area contributed by atoms with Crippen molar-refractivity contribution < 1.29 is 19.0 Å². The van der Waals surface area contributed by atoms with Crippen LogP contribution in [0.3, 0.4) is 0 Å². The molecule has 2 aromatic carbocycles. The third-order valence-corrected chi connectivity index (χ3v) is 3.35. The number of rotatable bonds is 5. The Morgan fingerprint density at radius 1 is 1.20 bits per heavy atom. The summed E-state index contributed by atoms with van der Waals surface area (Å²) < 4.78 is 19.0. The smallest absolute Gasteiger partial charge is 0.307 e. The van der Waals surface area contributed by atoms with E-state index < -0.39 is 5.97 Å². The van der Waals surface area contributed by atoms with Crippen LogP contribution in [-0.4, -0.2) is 11.1 Å². The molecule has 0 aliphatic carbocycles. The third kappa shape index (κ3) is 3.81. The summed E-state index contributed by atoms with van der Waals surface area (Å²) in [6.07, 6.45) is -0.0490. The van der Waals surface area contributed by atoms with Gasteiger partial charge in [0.05, 0.1) is 10.9 Å². The second kappa shape index (κ2) is 6.52. The molecule has 0 unspecified atom stereocenters. The standard InChI is InChI=1S/C15H12BrFO3/c16-13-8-12(5-6-14(13)17)20-9-11-4-2-1-3-10(11)7-15(18)19/h1-6,8H,7,9H2,(H,18,19). The number of carboxylic acid groups (broad SMARTS) is 1. The molecule has 2 rings (SSSR count). The van der Waals surface area contributed by atoms with E-state index in [1.54, 1.807) is 12.1 Å². The summed E-state index contributed by atoms with van der Waals surface area (Å²) in [5.41, 5.74) is 1.51. The molecule has 0 spiro atoms. The average Bonchev–Trinajstić information content (AvgIpc) is 2.41. The molecule has 0 aliphatic heterocycles. The average molecular weight is 339 g/mol. The zero-order chi connectivity index (χ0) is 14.5. The molecule has 20 heavy (non-hydrogen) atoms. The van der Waals surface area contributed by atoms with Crippen molar-refractivity contribution in [1.29, 1.82) is 0 Å². The minimum Gasteiger partial charge on any atom is -0.489 e. The van der Waals surface area contributed by atoms with Gasteiger partial charge < -0.3 is 9.84 Å². The van der Waals surface area contributed by atoms with E-state index in [-0.39, 0.29) is 18.8 Å². The molecule has 0 atom stereocenters. The van der Waals surface area contributed by atoms with E-state index in [0.29, 0.717) is 15.8 Å². The van der Waals surface area contributed by atoms with Crippen molar-refractivity contribution in [2.75, 3.05) is 0 Å². The number of carbonyl (C=O) groups is 1. The number of aliphatic carboxylic acids is 1. The topological polar surface area (TPSA) is 46.5 Å². The maximum absolute atomic E-state index is 13.1. The Hall–Kier alpha value is -1.88. The number of benzene rings is 2. The van der Waals surface area contributed by atoms with Gasteiger partial charge in [-0.15, -0.1) is 0 Å². The highest BCUT2D eigenvalue weighted by molar-refractivity contribution is 9.10. The van der Waals surface area contributed by atoms with Gasteiger partial charge in [0.25, 0.3) is 0 Å². The molecule has 0 bridgehead atoms. The van der Waals surface area contributed by atoms with E-state index in [1.165, 1.54) is 18.2 Å². The molecule has 3 nitrogen and oxygen atoms in total. The van der Waals surface area contributed by atoms with Crippen LogP contribution < -0.4 is 4.74 Å². The van der Waals surface area contributed by atoms with Crippen molar-refractivity contribution in [3.05, 3.63) is 63.9 Å². The summed E-state index contributed by atoms with van der Waals surface area (Å²) >= 11 is 3.09. The van der Waals surface area contributed by atoms with Gasteiger partial charge in [-0.2, -0.15) is 0 Å². The first-order valence-electron chi connectivity index (χ1n) is 5.92. The van der Waals surface area contributed by atoms with Crippen LogP contribution >= 0.6 is 15.9 Å². The van der Waals surface area contributed by atoms with Crippen molar-refractivity contribution >= 4 is 21.9 Å². The zero-order valence-corrected chi connectivity index (χ0v) is 12.1. The van der Waals surface area contributed by atoms with Crippen LogP contribution in [0.25, 0.3) is 0 Å². The highest BCUT2D eigenvalue weighted by Crippen LogP contribution is 2.23. The van der Waals surface area contributed by atoms with E-state index >= 15 is 0 Å². The highest BCUT2D eigenvalue weighted by atomic mass is 79.9. The van der Waals surface area contributed by atoms with Crippen molar-refractivity contribution in [2.24, 2.45) is 0 Å². The predicted octanol–water partition coefficient (Wildman–Crippen LogP) is 3.79. The molecular formula is C15H12BrFO3. The first-order valence-corrected chi connectivity index (χ1v) is 6.72. The molecule has 1 N–H and O–H groups in total. The highest BCUT2D eigenvalue weighted by Gasteiger charge is 2.07. The van der Waals surface area contributed by atoms with Crippen molar-refractivity contribution in [3.8, 4) is 5.75 Å². The van der Waals surface area contributed by atoms with E-state index in [0.717, 1.165) is 5.56 Å². The van der Waals surface area contributed by atoms with Gasteiger partial charge in [-0.05, 0) is 45.3 Å². The van der Waals surface area contributed by atoms with Gasteiger partial charge in [-0.1, -0.05) is 24.3 Å². The van der Waals surface area contributed by atoms with Gasteiger partial charge in [-0.3, -0.25) is 4.79 Å². The molecule has 104 valence electrons. The van der Waals surface area contributed by atoms with Gasteiger partial charge in [-0.25, -0.2) is 4.39 Å². The second-order valence-electron chi connectivity index (χ2n) is 4.20. The van der Waals surface area contributed by atoms with Crippen molar-refractivity contribution in [1.82, 2.24) is 0 Å².